The summed E-state index contributed by atoms with van der Waals surface area (Å²) in [5.74, 6) is 1.26. The van der Waals surface area contributed by atoms with Crippen LogP contribution in [0.1, 0.15) is 22.3 Å². The van der Waals surface area contributed by atoms with Gasteiger partial charge in [0.05, 0.1) is 29.4 Å². The van der Waals surface area contributed by atoms with Crippen molar-refractivity contribution < 1.29 is 9.53 Å². The standard InChI is InChI=1S/C35H27N3O2S/c1-23-11-13-24(14-12-23)29-21-31(25-15-17-26(40-2)18-16-25)37-35(30(29)22-36)41-20-19-34(39)38-32-9-5-3-7-27(32)28-8-4-6-10-33(28)38/h3-18,21H,19-20H2,1-2H3. The summed E-state index contributed by atoms with van der Waals surface area (Å²) in [6.45, 7) is 2.04. The fourth-order valence-corrected chi connectivity index (χ4v) is 6.08. The molecule has 2 aromatic heterocycles. The van der Waals surface area contributed by atoms with Crippen LogP contribution in [0.15, 0.2) is 108 Å². The molecule has 4 aromatic carbocycles. The highest BCUT2D eigenvalue weighted by Gasteiger charge is 2.19. The van der Waals surface area contributed by atoms with Gasteiger partial charge in [-0.15, -0.1) is 11.8 Å². The van der Waals surface area contributed by atoms with Crippen LogP contribution in [-0.2, 0) is 0 Å². The Morgan fingerprint density at radius 3 is 2.10 bits per heavy atom. The Labute approximate surface area is 243 Å². The summed E-state index contributed by atoms with van der Waals surface area (Å²) in [4.78, 5) is 18.5. The summed E-state index contributed by atoms with van der Waals surface area (Å²) in [5, 5.41) is 13.0. The SMILES string of the molecule is COc1ccc(-c2cc(-c3ccc(C)cc3)c(C#N)c(SCCC(=O)n3c4ccccc4c4ccccc43)n2)cc1. The van der Waals surface area contributed by atoms with Gasteiger partial charge in [0, 0.05) is 34.1 Å². The van der Waals surface area contributed by atoms with Crippen molar-refractivity contribution in [3.8, 4) is 34.2 Å². The quantitative estimate of drug-likeness (QED) is 0.185. The Kier molecular flexibility index (Phi) is 7.28. The minimum absolute atomic E-state index is 0.0125. The highest BCUT2D eigenvalue weighted by Crippen LogP contribution is 2.35. The summed E-state index contributed by atoms with van der Waals surface area (Å²) >= 11 is 1.44. The molecule has 0 radical (unpaired) electrons. The zero-order chi connectivity index (χ0) is 28.3. The molecule has 0 aliphatic rings. The minimum atomic E-state index is 0.0125. The highest BCUT2D eigenvalue weighted by molar-refractivity contribution is 7.99. The molecule has 0 fully saturated rings. The number of methoxy groups -OCH3 is 1. The van der Waals surface area contributed by atoms with Gasteiger partial charge in [0.25, 0.3) is 0 Å². The molecule has 5 nitrogen and oxygen atoms in total. The van der Waals surface area contributed by atoms with E-state index < -0.39 is 0 Å². The average Bonchev–Trinajstić information content (AvgIpc) is 3.35. The molecule has 0 unspecified atom stereocenters. The Bertz CT molecular complexity index is 1880. The van der Waals surface area contributed by atoms with Gasteiger partial charge in [-0.05, 0) is 55.0 Å². The third kappa shape index (κ3) is 5.08. The Morgan fingerprint density at radius 1 is 0.878 bits per heavy atom. The van der Waals surface area contributed by atoms with Crippen molar-refractivity contribution in [2.45, 2.75) is 18.4 Å². The zero-order valence-electron chi connectivity index (χ0n) is 22.8. The van der Waals surface area contributed by atoms with Crippen LogP contribution in [0.4, 0.5) is 0 Å². The van der Waals surface area contributed by atoms with Crippen molar-refractivity contribution in [2.24, 2.45) is 0 Å². The molecule has 41 heavy (non-hydrogen) atoms. The van der Waals surface area contributed by atoms with Gasteiger partial charge in [0.15, 0.2) is 0 Å². The number of benzene rings is 4. The van der Waals surface area contributed by atoms with Crippen LogP contribution in [0, 0.1) is 18.3 Å². The maximum Gasteiger partial charge on any atom is 0.232 e. The lowest BCUT2D eigenvalue weighted by Crippen LogP contribution is -2.11. The van der Waals surface area contributed by atoms with E-state index in [1.807, 2.05) is 102 Å². The molecule has 0 atom stereocenters. The van der Waals surface area contributed by atoms with E-state index in [0.717, 1.165) is 55.5 Å². The zero-order valence-corrected chi connectivity index (χ0v) is 23.6. The molecular formula is C35H27N3O2S. The topological polar surface area (TPSA) is 67.9 Å². The number of nitriles is 1. The third-order valence-electron chi connectivity index (χ3n) is 7.23. The van der Waals surface area contributed by atoms with Crippen molar-refractivity contribution >= 4 is 39.5 Å². The molecule has 0 spiro atoms. The van der Waals surface area contributed by atoms with E-state index in [2.05, 4.69) is 18.2 Å². The monoisotopic (exact) mass is 553 g/mol. The first-order valence-electron chi connectivity index (χ1n) is 13.4. The fraction of sp³-hybridized carbons (Fsp3) is 0.114. The second-order valence-corrected chi connectivity index (χ2v) is 10.9. The molecule has 6 aromatic rings. The molecular weight excluding hydrogens is 526 g/mol. The van der Waals surface area contributed by atoms with E-state index in [1.165, 1.54) is 11.8 Å². The number of carbonyl (C=O) groups excluding carboxylic acids is 1. The predicted octanol–water partition coefficient (Wildman–Crippen LogP) is 8.53. The van der Waals surface area contributed by atoms with Crippen LogP contribution < -0.4 is 4.74 Å². The Hall–Kier alpha value is -4.86. The molecule has 6 rings (SSSR count). The van der Waals surface area contributed by atoms with Gasteiger partial charge < -0.3 is 4.74 Å². The predicted molar refractivity (Wildman–Crippen MR) is 167 cm³/mol. The van der Waals surface area contributed by atoms with Gasteiger partial charge in [-0.1, -0.05) is 66.2 Å². The number of rotatable bonds is 7. The number of thioether (sulfide) groups is 1. The fourth-order valence-electron chi connectivity index (χ4n) is 5.14. The number of aryl methyl sites for hydroxylation is 1. The molecule has 0 aliphatic carbocycles. The van der Waals surface area contributed by atoms with Crippen molar-refractivity contribution in [3.05, 3.63) is 114 Å². The second-order valence-electron chi connectivity index (χ2n) is 9.80. The number of ether oxygens (including phenoxy) is 1. The lowest BCUT2D eigenvalue weighted by Gasteiger charge is -2.13. The maximum absolute atomic E-state index is 13.6. The van der Waals surface area contributed by atoms with Crippen LogP contribution in [0.2, 0.25) is 0 Å². The maximum atomic E-state index is 13.6. The van der Waals surface area contributed by atoms with Gasteiger partial charge in [0.1, 0.15) is 16.8 Å². The van der Waals surface area contributed by atoms with Crippen LogP contribution in [0.5, 0.6) is 5.75 Å². The van der Waals surface area contributed by atoms with Gasteiger partial charge in [-0.25, -0.2) is 4.98 Å². The molecule has 0 saturated heterocycles. The first-order valence-corrected chi connectivity index (χ1v) is 14.4. The number of para-hydroxylation sites is 2. The third-order valence-corrected chi connectivity index (χ3v) is 8.21. The largest absolute Gasteiger partial charge is 0.497 e. The number of pyridine rings is 1. The molecule has 0 saturated carbocycles. The lowest BCUT2D eigenvalue weighted by atomic mass is 9.98. The van der Waals surface area contributed by atoms with Crippen LogP contribution in [0.3, 0.4) is 0 Å². The molecule has 0 bridgehead atoms. The van der Waals surface area contributed by atoms with Crippen molar-refractivity contribution in [3.63, 3.8) is 0 Å². The summed E-state index contributed by atoms with van der Waals surface area (Å²) < 4.78 is 7.14. The average molecular weight is 554 g/mol. The van der Waals surface area contributed by atoms with E-state index in [4.69, 9.17) is 9.72 Å². The number of nitrogens with zero attached hydrogens (tertiary/aromatic N) is 3. The first-order chi connectivity index (χ1) is 20.1. The molecule has 6 heteroatoms. The molecule has 0 aliphatic heterocycles. The summed E-state index contributed by atoms with van der Waals surface area (Å²) in [5.41, 5.74) is 6.93. The first kappa shape index (κ1) is 26.4. The second kappa shape index (κ2) is 11.3. The molecule has 0 amide bonds. The van der Waals surface area contributed by atoms with E-state index in [-0.39, 0.29) is 5.91 Å². The summed E-state index contributed by atoms with van der Waals surface area (Å²) in [6.07, 6.45) is 0.298. The molecule has 0 N–H and O–H groups in total. The normalized spacial score (nSPS) is 11.0. The number of hydrogen-bond donors (Lipinski definition) is 0. The van der Waals surface area contributed by atoms with E-state index in [0.29, 0.717) is 22.8 Å². The summed E-state index contributed by atoms with van der Waals surface area (Å²) in [6, 6.07) is 36.2. The summed E-state index contributed by atoms with van der Waals surface area (Å²) in [7, 11) is 1.64. The number of carbonyl (C=O) groups is 1. The number of hydrogen-bond acceptors (Lipinski definition) is 5. The van der Waals surface area contributed by atoms with Crippen LogP contribution in [-0.4, -0.2) is 28.3 Å². The molecule has 200 valence electrons. The Morgan fingerprint density at radius 2 is 1.49 bits per heavy atom. The smallest absolute Gasteiger partial charge is 0.232 e. The Balaban J connectivity index is 1.35. The van der Waals surface area contributed by atoms with Crippen molar-refractivity contribution in [2.75, 3.05) is 12.9 Å². The lowest BCUT2D eigenvalue weighted by molar-refractivity contribution is 0.0920. The van der Waals surface area contributed by atoms with E-state index in [1.54, 1.807) is 7.11 Å². The van der Waals surface area contributed by atoms with Crippen LogP contribution in [0.25, 0.3) is 44.2 Å². The minimum Gasteiger partial charge on any atom is -0.497 e. The van der Waals surface area contributed by atoms with E-state index >= 15 is 0 Å². The van der Waals surface area contributed by atoms with E-state index in [9.17, 15) is 10.1 Å². The molecule has 2 heterocycles. The van der Waals surface area contributed by atoms with Gasteiger partial charge >= 0.3 is 0 Å². The van der Waals surface area contributed by atoms with Crippen LogP contribution >= 0.6 is 11.8 Å². The van der Waals surface area contributed by atoms with Gasteiger partial charge in [0.2, 0.25) is 5.91 Å². The number of fused-ring (bicyclic) bond motifs is 3. The van der Waals surface area contributed by atoms with Gasteiger partial charge in [-0.3, -0.25) is 9.36 Å². The number of aromatic nitrogens is 2. The highest BCUT2D eigenvalue weighted by atomic mass is 32.2. The van der Waals surface area contributed by atoms with Crippen molar-refractivity contribution in [1.29, 1.82) is 5.26 Å². The van der Waals surface area contributed by atoms with Gasteiger partial charge in [-0.2, -0.15) is 5.26 Å². The van der Waals surface area contributed by atoms with Crippen molar-refractivity contribution in [1.82, 2.24) is 9.55 Å².